The van der Waals surface area contributed by atoms with E-state index in [-0.39, 0.29) is 28.6 Å². The number of carbonyl (C=O) groups excluding carboxylic acids is 2. The first-order valence-electron chi connectivity index (χ1n) is 10.7. The Morgan fingerprint density at radius 1 is 1.10 bits per heavy atom. The Morgan fingerprint density at radius 3 is 2.45 bits per heavy atom. The Labute approximate surface area is 187 Å². The zero-order chi connectivity index (χ0) is 22.1. The normalized spacial score (nSPS) is 15.1. The monoisotopic (exact) mass is 444 g/mol. The Kier molecular flexibility index (Phi) is 8.70. The molecule has 2 heterocycles. The van der Waals surface area contributed by atoms with Crippen molar-refractivity contribution in [2.45, 2.75) is 44.4 Å². The maximum absolute atomic E-state index is 12.9. The first kappa shape index (κ1) is 23.1. The van der Waals surface area contributed by atoms with Gasteiger partial charge in [-0.05, 0) is 55.7 Å². The lowest BCUT2D eigenvalue weighted by Crippen LogP contribution is -2.31. The summed E-state index contributed by atoms with van der Waals surface area (Å²) in [6, 6.07) is 9.59. The summed E-state index contributed by atoms with van der Waals surface area (Å²) in [5, 5.41) is 5.22. The molecule has 1 saturated heterocycles. The first-order chi connectivity index (χ1) is 15.0. The van der Waals surface area contributed by atoms with E-state index in [9.17, 15) is 14.0 Å². The topological polar surface area (TPSA) is 74.3 Å². The molecule has 166 valence electrons. The van der Waals surface area contributed by atoms with Gasteiger partial charge in [-0.1, -0.05) is 18.9 Å². The highest BCUT2D eigenvalue weighted by Crippen LogP contribution is 2.18. The summed E-state index contributed by atoms with van der Waals surface area (Å²) in [5.41, 5.74) is 1.47. The molecule has 8 heteroatoms. The fourth-order valence-corrected chi connectivity index (χ4v) is 4.06. The minimum absolute atomic E-state index is 0.129. The number of benzene rings is 1. The van der Waals surface area contributed by atoms with E-state index in [2.05, 4.69) is 20.5 Å². The number of halogens is 1. The fraction of sp³-hybridized carbons (Fsp3) is 0.435. The highest BCUT2D eigenvalue weighted by atomic mass is 32.2. The molecule has 6 nitrogen and oxygen atoms in total. The van der Waals surface area contributed by atoms with Crippen molar-refractivity contribution in [1.29, 1.82) is 0 Å². The summed E-state index contributed by atoms with van der Waals surface area (Å²) >= 11 is 1.25. The van der Waals surface area contributed by atoms with E-state index in [0.29, 0.717) is 12.2 Å². The van der Waals surface area contributed by atoms with Crippen LogP contribution in [0.15, 0.2) is 42.6 Å². The van der Waals surface area contributed by atoms with Crippen molar-refractivity contribution in [3.63, 3.8) is 0 Å². The van der Waals surface area contributed by atoms with Gasteiger partial charge < -0.3 is 15.5 Å². The number of nitrogens with one attached hydrogen (secondary N) is 2. The third-order valence-corrected chi connectivity index (χ3v) is 6.31. The van der Waals surface area contributed by atoms with Crippen molar-refractivity contribution in [2.24, 2.45) is 0 Å². The van der Waals surface area contributed by atoms with Gasteiger partial charge in [0.15, 0.2) is 0 Å². The van der Waals surface area contributed by atoms with Crippen molar-refractivity contribution < 1.29 is 14.0 Å². The van der Waals surface area contributed by atoms with E-state index in [1.54, 1.807) is 6.92 Å². The molecule has 0 spiro atoms. The number of rotatable bonds is 8. The molecule has 1 aromatic heterocycles. The van der Waals surface area contributed by atoms with Crippen molar-refractivity contribution in [3.8, 4) is 0 Å². The number of thioether (sulfide) groups is 1. The van der Waals surface area contributed by atoms with Gasteiger partial charge in [0.05, 0.1) is 11.0 Å². The summed E-state index contributed by atoms with van der Waals surface area (Å²) in [7, 11) is 0. The Morgan fingerprint density at radius 2 is 1.81 bits per heavy atom. The van der Waals surface area contributed by atoms with Gasteiger partial charge in [0.25, 0.3) is 0 Å². The summed E-state index contributed by atoms with van der Waals surface area (Å²) in [6.07, 6.45) is 6.79. The number of hydrogen-bond donors (Lipinski definition) is 2. The lowest BCUT2D eigenvalue weighted by molar-refractivity contribution is -0.120. The molecule has 2 amide bonds. The minimum Gasteiger partial charge on any atom is -0.357 e. The maximum Gasteiger partial charge on any atom is 0.234 e. The Hall–Kier alpha value is -2.61. The van der Waals surface area contributed by atoms with E-state index < -0.39 is 0 Å². The number of aromatic nitrogens is 1. The minimum atomic E-state index is -0.372. The largest absolute Gasteiger partial charge is 0.357 e. The van der Waals surface area contributed by atoms with Crippen LogP contribution in [0.2, 0.25) is 0 Å². The molecule has 1 atom stereocenters. The molecule has 1 fully saturated rings. The van der Waals surface area contributed by atoms with Crippen molar-refractivity contribution in [3.05, 3.63) is 54.0 Å². The molecule has 2 N–H and O–H groups in total. The second kappa shape index (κ2) is 11.7. The summed E-state index contributed by atoms with van der Waals surface area (Å²) in [5.74, 6) is 0.413. The molecule has 0 bridgehead atoms. The van der Waals surface area contributed by atoms with Crippen LogP contribution in [0, 0.1) is 5.82 Å². The van der Waals surface area contributed by atoms with Crippen molar-refractivity contribution >= 4 is 35.1 Å². The lowest BCUT2D eigenvalue weighted by atomic mass is 10.2. The van der Waals surface area contributed by atoms with Gasteiger partial charge in [-0.25, -0.2) is 9.37 Å². The lowest BCUT2D eigenvalue weighted by Gasteiger charge is -2.21. The molecule has 3 rings (SSSR count). The second-order valence-corrected chi connectivity index (χ2v) is 8.98. The van der Waals surface area contributed by atoms with Crippen LogP contribution in [-0.4, -0.2) is 40.9 Å². The van der Waals surface area contributed by atoms with Crippen molar-refractivity contribution in [2.75, 3.05) is 29.1 Å². The van der Waals surface area contributed by atoms with E-state index in [4.69, 9.17) is 0 Å². The molecule has 0 aliphatic carbocycles. The number of nitrogens with zero attached hydrogens (tertiary/aromatic N) is 2. The Bertz CT molecular complexity index is 853. The number of carbonyl (C=O) groups is 2. The molecule has 1 unspecified atom stereocenters. The summed E-state index contributed by atoms with van der Waals surface area (Å²) in [4.78, 5) is 31.3. The van der Waals surface area contributed by atoms with Crippen LogP contribution in [0.1, 0.15) is 38.2 Å². The zero-order valence-corrected chi connectivity index (χ0v) is 18.6. The smallest absolute Gasteiger partial charge is 0.234 e. The third kappa shape index (κ3) is 7.54. The summed E-state index contributed by atoms with van der Waals surface area (Å²) < 4.78 is 12.9. The van der Waals surface area contributed by atoms with E-state index in [0.717, 1.165) is 24.5 Å². The quantitative estimate of drug-likeness (QED) is 0.644. The molecular formula is C23H29FN4O2S. The maximum atomic E-state index is 12.9. The molecule has 0 saturated carbocycles. The van der Waals surface area contributed by atoms with Gasteiger partial charge in [0.2, 0.25) is 11.8 Å². The molecule has 31 heavy (non-hydrogen) atoms. The Balaban J connectivity index is 1.39. The average molecular weight is 445 g/mol. The van der Waals surface area contributed by atoms with Gasteiger partial charge in [-0.3, -0.25) is 9.59 Å². The van der Waals surface area contributed by atoms with Gasteiger partial charge in [0.1, 0.15) is 11.6 Å². The van der Waals surface area contributed by atoms with Crippen LogP contribution in [-0.2, 0) is 16.1 Å². The highest BCUT2D eigenvalue weighted by molar-refractivity contribution is 8.01. The second-order valence-electron chi connectivity index (χ2n) is 7.65. The first-order valence-corrected chi connectivity index (χ1v) is 11.7. The molecule has 1 aliphatic rings. The molecule has 1 aromatic carbocycles. The van der Waals surface area contributed by atoms with Crippen LogP contribution in [0.5, 0.6) is 0 Å². The third-order valence-electron chi connectivity index (χ3n) is 5.17. The SMILES string of the molecule is CC(SCC(=O)Nc1ccc(F)cc1)C(=O)NCc1ccc(N2CCCCCC2)nc1. The standard InChI is InChI=1S/C23H29FN4O2S/c1-17(31-16-22(29)27-20-9-7-19(24)8-10-20)23(30)26-15-18-6-11-21(25-14-18)28-12-4-2-3-5-13-28/h6-11,14,17H,2-5,12-13,15-16H2,1H3,(H,26,30)(H,27,29). The van der Waals surface area contributed by atoms with Gasteiger partial charge in [-0.15, -0.1) is 11.8 Å². The van der Waals surface area contributed by atoms with Gasteiger partial charge in [-0.2, -0.15) is 0 Å². The number of hydrogen-bond acceptors (Lipinski definition) is 5. The molecular weight excluding hydrogens is 415 g/mol. The molecule has 2 aromatic rings. The van der Waals surface area contributed by atoms with Crippen LogP contribution in [0.4, 0.5) is 15.9 Å². The molecule has 1 aliphatic heterocycles. The predicted octanol–water partition coefficient (Wildman–Crippen LogP) is 3.98. The van der Waals surface area contributed by atoms with Gasteiger partial charge >= 0.3 is 0 Å². The number of amides is 2. The highest BCUT2D eigenvalue weighted by Gasteiger charge is 2.16. The van der Waals surface area contributed by atoms with Crippen molar-refractivity contribution in [1.82, 2.24) is 10.3 Å². The van der Waals surface area contributed by atoms with E-state index in [1.165, 1.54) is 61.7 Å². The van der Waals surface area contributed by atoms with Crippen LogP contribution in [0.25, 0.3) is 0 Å². The van der Waals surface area contributed by atoms with Crippen LogP contribution < -0.4 is 15.5 Å². The average Bonchev–Trinajstić information content (AvgIpc) is 3.07. The molecule has 0 radical (unpaired) electrons. The number of pyridine rings is 1. The zero-order valence-electron chi connectivity index (χ0n) is 17.8. The summed E-state index contributed by atoms with van der Waals surface area (Å²) in [6.45, 7) is 4.27. The van der Waals surface area contributed by atoms with Crippen LogP contribution >= 0.6 is 11.8 Å². The number of anilines is 2. The van der Waals surface area contributed by atoms with Crippen LogP contribution in [0.3, 0.4) is 0 Å². The fourth-order valence-electron chi connectivity index (χ4n) is 3.35. The van der Waals surface area contributed by atoms with E-state index >= 15 is 0 Å². The predicted molar refractivity (Wildman–Crippen MR) is 124 cm³/mol. The van der Waals surface area contributed by atoms with Gasteiger partial charge in [0, 0.05) is 31.5 Å². The van der Waals surface area contributed by atoms with E-state index in [1.807, 2.05) is 18.3 Å².